The van der Waals surface area contributed by atoms with Gasteiger partial charge in [-0.3, -0.25) is 18.3 Å². The van der Waals surface area contributed by atoms with E-state index in [1.54, 1.807) is 44.2 Å². The number of nitrogen functional groups attached to an aromatic ring is 1. The van der Waals surface area contributed by atoms with Crippen molar-refractivity contribution in [1.29, 1.82) is 0 Å². The van der Waals surface area contributed by atoms with Crippen LogP contribution >= 0.6 is 7.75 Å². The summed E-state index contributed by atoms with van der Waals surface area (Å²) in [7, 11) is -4.24. The normalized spacial score (nSPS) is 24.4. The lowest BCUT2D eigenvalue weighted by molar-refractivity contribution is -0.149. The van der Waals surface area contributed by atoms with Gasteiger partial charge >= 0.3 is 13.7 Å². The van der Waals surface area contributed by atoms with Crippen LogP contribution in [0.3, 0.4) is 0 Å². The Morgan fingerprint density at radius 2 is 2.00 bits per heavy atom. The first kappa shape index (κ1) is 30.1. The Bertz CT molecular complexity index is 1440. The maximum Gasteiger partial charge on any atom is 0.459 e. The van der Waals surface area contributed by atoms with Gasteiger partial charge in [0.1, 0.15) is 24.1 Å². The molecule has 1 aromatic carbocycles. The minimum absolute atomic E-state index is 0.00202. The Morgan fingerprint density at radius 1 is 1.26 bits per heavy atom. The van der Waals surface area contributed by atoms with Crippen molar-refractivity contribution in [3.05, 3.63) is 36.7 Å². The van der Waals surface area contributed by atoms with Crippen LogP contribution in [0.5, 0.6) is 5.75 Å². The second-order valence-corrected chi connectivity index (χ2v) is 12.3. The molecular formula is C26H35FN7O7P. The van der Waals surface area contributed by atoms with Crippen molar-refractivity contribution in [2.45, 2.75) is 70.2 Å². The number of nitrogens with one attached hydrogen (secondary N) is 2. The van der Waals surface area contributed by atoms with Gasteiger partial charge in [-0.25, -0.2) is 9.55 Å². The molecule has 0 spiro atoms. The number of fused-ring (bicyclic) bond motifs is 1. The van der Waals surface area contributed by atoms with Crippen LogP contribution in [-0.4, -0.2) is 74.3 Å². The molecule has 2 aliphatic rings. The topological polar surface area (TPSA) is 185 Å². The number of carbonyl (C=O) groups is 1. The summed E-state index contributed by atoms with van der Waals surface area (Å²) in [6.07, 6.45) is -0.478. The third-order valence-corrected chi connectivity index (χ3v) is 8.39. The number of para-hydroxylation sites is 1. The molecule has 2 aromatic heterocycles. The molecule has 3 heterocycles. The van der Waals surface area contributed by atoms with Crippen LogP contribution in [0.15, 0.2) is 36.7 Å². The average Bonchev–Trinajstić information content (AvgIpc) is 3.56. The number of rotatable bonds is 13. The van der Waals surface area contributed by atoms with E-state index >= 15 is 0 Å². The summed E-state index contributed by atoms with van der Waals surface area (Å²) >= 11 is 0. The summed E-state index contributed by atoms with van der Waals surface area (Å²) in [5.41, 5.74) is 6.68. The van der Waals surface area contributed by atoms with E-state index in [-0.39, 0.29) is 17.7 Å². The number of aromatic nitrogens is 4. The highest BCUT2D eigenvalue weighted by Gasteiger charge is 2.47. The summed E-state index contributed by atoms with van der Waals surface area (Å²) < 4.78 is 52.2. The lowest BCUT2D eigenvalue weighted by Crippen LogP contribution is -2.37. The van der Waals surface area contributed by atoms with Crippen molar-refractivity contribution < 1.29 is 37.4 Å². The summed E-state index contributed by atoms with van der Waals surface area (Å²) in [6.45, 7) is 3.42. The Labute approximate surface area is 241 Å². The Balaban J connectivity index is 1.35. The first-order valence-corrected chi connectivity index (χ1v) is 15.2. The highest BCUT2D eigenvalue weighted by Crippen LogP contribution is 2.47. The first-order valence-electron chi connectivity index (χ1n) is 13.7. The van der Waals surface area contributed by atoms with E-state index in [0.29, 0.717) is 17.0 Å². The first-order chi connectivity index (χ1) is 20.1. The molecule has 6 atom stereocenters. The molecule has 16 heteroatoms. The minimum atomic E-state index is -4.24. The molecule has 1 saturated heterocycles. The lowest BCUT2D eigenvalue weighted by atomic mass is 10.0. The van der Waals surface area contributed by atoms with Crippen LogP contribution in [0.4, 0.5) is 16.2 Å². The quantitative estimate of drug-likeness (QED) is 0.164. The van der Waals surface area contributed by atoms with Gasteiger partial charge in [0.2, 0.25) is 5.95 Å². The van der Waals surface area contributed by atoms with Crippen molar-refractivity contribution >= 4 is 36.6 Å². The molecule has 1 aliphatic carbocycles. The van der Waals surface area contributed by atoms with Crippen molar-refractivity contribution in [3.63, 3.8) is 0 Å². The van der Waals surface area contributed by atoms with Crippen LogP contribution in [0, 0.1) is 5.92 Å². The zero-order valence-electron chi connectivity index (χ0n) is 23.4. The van der Waals surface area contributed by atoms with Crippen LogP contribution in [0.25, 0.3) is 11.2 Å². The molecule has 1 saturated carbocycles. The number of aliphatic hydroxyl groups excluding tert-OH is 1. The van der Waals surface area contributed by atoms with Gasteiger partial charge in [-0.2, -0.15) is 15.1 Å². The van der Waals surface area contributed by atoms with E-state index in [1.165, 1.54) is 17.8 Å². The number of carbonyl (C=O) groups excluding carboxylic acids is 1. The minimum Gasteiger partial charge on any atom is -0.462 e. The molecule has 0 radical (unpaired) electrons. The number of imidazole rings is 1. The molecule has 5 N–H and O–H groups in total. The van der Waals surface area contributed by atoms with Gasteiger partial charge in [0.25, 0.3) is 0 Å². The van der Waals surface area contributed by atoms with Crippen molar-refractivity contribution in [2.24, 2.45) is 5.92 Å². The summed E-state index contributed by atoms with van der Waals surface area (Å²) in [5, 5.41) is 16.8. The molecule has 42 heavy (non-hydrogen) atoms. The maximum absolute atomic E-state index is 14.3. The van der Waals surface area contributed by atoms with E-state index in [0.717, 1.165) is 12.8 Å². The predicted molar refractivity (Wildman–Crippen MR) is 150 cm³/mol. The number of hydrogen-bond acceptors (Lipinski definition) is 12. The predicted octanol–water partition coefficient (Wildman–Crippen LogP) is 2.96. The van der Waals surface area contributed by atoms with Gasteiger partial charge < -0.3 is 30.2 Å². The number of ether oxygens (including phenoxy) is 2. The second-order valence-electron chi connectivity index (χ2n) is 10.6. The fraction of sp³-hybridized carbons (Fsp3) is 0.538. The number of aliphatic hydroxyl groups is 1. The van der Waals surface area contributed by atoms with Gasteiger partial charge in [0.05, 0.1) is 37.7 Å². The number of esters is 1. The van der Waals surface area contributed by atoms with E-state index in [2.05, 4.69) is 25.4 Å². The molecule has 228 valence electrons. The van der Waals surface area contributed by atoms with Crippen molar-refractivity contribution in [1.82, 2.24) is 24.6 Å². The number of alkyl halides is 1. The summed E-state index contributed by atoms with van der Waals surface area (Å²) in [6, 6.07) is 7.43. The molecular weight excluding hydrogens is 572 g/mol. The van der Waals surface area contributed by atoms with E-state index in [4.69, 9.17) is 24.3 Å². The molecule has 1 unspecified atom stereocenters. The Kier molecular flexibility index (Phi) is 8.94. The van der Waals surface area contributed by atoms with Crippen molar-refractivity contribution in [2.75, 3.05) is 24.3 Å². The van der Waals surface area contributed by atoms with Gasteiger partial charge in [-0.15, -0.1) is 0 Å². The summed E-state index contributed by atoms with van der Waals surface area (Å²) in [5.74, 6) is -1.02. The number of anilines is 2. The third kappa shape index (κ3) is 6.81. The summed E-state index contributed by atoms with van der Waals surface area (Å²) in [4.78, 5) is 25.3. The van der Waals surface area contributed by atoms with Crippen LogP contribution in [0.1, 0.15) is 39.8 Å². The molecule has 5 rings (SSSR count). The maximum atomic E-state index is 14.3. The number of hydrogen-bond donors (Lipinski definition) is 4. The van der Waals surface area contributed by atoms with Crippen LogP contribution in [-0.2, 0) is 23.4 Å². The van der Waals surface area contributed by atoms with Gasteiger partial charge in [-0.05, 0) is 45.7 Å². The molecule has 3 aromatic rings. The second kappa shape index (κ2) is 12.5. The molecule has 0 amide bonds. The third-order valence-electron chi connectivity index (χ3n) is 6.74. The average molecular weight is 608 g/mol. The van der Waals surface area contributed by atoms with E-state index in [1.807, 2.05) is 0 Å². The fourth-order valence-electron chi connectivity index (χ4n) is 4.53. The lowest BCUT2D eigenvalue weighted by Gasteiger charge is -2.25. The zero-order chi connectivity index (χ0) is 30.0. The van der Waals surface area contributed by atoms with E-state index < -0.39 is 63.5 Å². The number of benzene rings is 1. The number of halogens is 1. The fourth-order valence-corrected chi connectivity index (χ4v) is 6.03. The van der Waals surface area contributed by atoms with E-state index in [9.17, 15) is 18.9 Å². The monoisotopic (exact) mass is 607 g/mol. The highest BCUT2D eigenvalue weighted by atomic mass is 31.2. The Morgan fingerprint density at radius 3 is 2.67 bits per heavy atom. The van der Waals surface area contributed by atoms with Gasteiger partial charge in [0.15, 0.2) is 17.0 Å². The van der Waals surface area contributed by atoms with Crippen molar-refractivity contribution in [3.8, 4) is 5.75 Å². The number of nitrogens with two attached hydrogens (primary N) is 1. The van der Waals surface area contributed by atoms with Crippen LogP contribution in [0.2, 0.25) is 0 Å². The smallest absolute Gasteiger partial charge is 0.459 e. The van der Waals surface area contributed by atoms with Crippen LogP contribution < -0.4 is 20.7 Å². The molecule has 14 nitrogen and oxygen atoms in total. The molecule has 2 fully saturated rings. The largest absolute Gasteiger partial charge is 0.462 e. The molecule has 0 bridgehead atoms. The SMILES string of the molecule is CC(C)OC(=O)[C@@H](C)NP(=O)(OC[C@H]1O[C@@H](n2cnc3c(NC4CC4)nc(N)nc32)[C@@H](CF)[C@@H]1O)Oc1ccccc1. The molecule has 1 aliphatic heterocycles. The Hall–Kier alpha value is -3.36. The standard InChI is InChI=1S/C26H35FN7O7P/c1-14(2)39-25(36)15(3)33-42(37,41-17-7-5-4-6-8-17)38-12-19-21(35)18(11-27)24(40-19)34-13-29-20-22(30-16-9-10-16)31-26(28)32-23(20)34/h4-8,13-16,18-19,21,24,35H,9-12H2,1-3H3,(H,33,37)(H3,28,30,31,32)/t15-,18+,19-,21+,24-,42?/m1/s1. The van der Waals surface area contributed by atoms with Gasteiger partial charge in [-0.1, -0.05) is 18.2 Å². The highest BCUT2D eigenvalue weighted by molar-refractivity contribution is 7.52. The number of nitrogens with zero attached hydrogens (tertiary/aromatic N) is 4. The van der Waals surface area contributed by atoms with Gasteiger partial charge in [0, 0.05) is 6.04 Å². The zero-order valence-corrected chi connectivity index (χ0v) is 24.3.